The molecule has 2 aliphatic heterocycles. The Bertz CT molecular complexity index is 905. The van der Waals surface area contributed by atoms with E-state index >= 15 is 0 Å². The van der Waals surface area contributed by atoms with Gasteiger partial charge in [0.1, 0.15) is 13.2 Å². The van der Waals surface area contributed by atoms with Crippen LogP contribution in [0, 0.1) is 0 Å². The fraction of sp³-hybridized carbons (Fsp3) is 0.455. The molecule has 2 aliphatic rings. The zero-order chi connectivity index (χ0) is 21.8. The molecule has 0 atom stereocenters. The Morgan fingerprint density at radius 1 is 0.968 bits per heavy atom. The predicted octanol–water partition coefficient (Wildman–Crippen LogP) is 5.54. The summed E-state index contributed by atoms with van der Waals surface area (Å²) in [5, 5.41) is 0. The van der Waals surface area contributed by atoms with Gasteiger partial charge in [-0.1, -0.05) is 28.1 Å². The highest BCUT2D eigenvalue weighted by Crippen LogP contribution is 2.42. The van der Waals surface area contributed by atoms with Gasteiger partial charge >= 0.3 is 6.18 Å². The number of thioether (sulfide) groups is 1. The summed E-state index contributed by atoms with van der Waals surface area (Å²) >= 11 is 4.31. The van der Waals surface area contributed by atoms with Gasteiger partial charge in [0.25, 0.3) is 0 Å². The van der Waals surface area contributed by atoms with E-state index in [9.17, 15) is 13.2 Å². The second-order valence-corrected chi connectivity index (χ2v) is 9.43. The fourth-order valence-corrected chi connectivity index (χ4v) is 5.65. The van der Waals surface area contributed by atoms with E-state index in [0.717, 1.165) is 56.3 Å². The second kappa shape index (κ2) is 9.92. The number of alkyl halides is 3. The first-order chi connectivity index (χ1) is 14.9. The molecular weight excluding hydrogens is 493 g/mol. The number of benzene rings is 2. The number of nitrogens with zero attached hydrogens (tertiary/aromatic N) is 2. The molecule has 1 saturated heterocycles. The fourth-order valence-electron chi connectivity index (χ4n) is 3.89. The molecule has 2 aromatic carbocycles. The number of hydrogen-bond donors (Lipinski definition) is 0. The van der Waals surface area contributed by atoms with E-state index in [1.54, 1.807) is 12.1 Å². The predicted molar refractivity (Wildman–Crippen MR) is 121 cm³/mol. The monoisotopic (exact) mass is 516 g/mol. The first-order valence-electron chi connectivity index (χ1n) is 10.3. The molecule has 0 aromatic heterocycles. The Hall–Kier alpha value is -1.58. The largest absolute Gasteiger partial charge is 0.486 e. The van der Waals surface area contributed by atoms with Crippen LogP contribution in [0.25, 0.3) is 0 Å². The molecule has 0 bridgehead atoms. The summed E-state index contributed by atoms with van der Waals surface area (Å²) in [4.78, 5) is 4.97. The standard InChI is InChI=1S/C22H24BrF3N2O2S/c23-16-4-1-7-19(20(16)22(24,25)26)31-15-3-8-27-9-11-28(12-10-27)17-5-2-6-18-21(17)30-14-13-29-18/h1-2,4-7H,3,8-15H2. The highest BCUT2D eigenvalue weighted by atomic mass is 79.9. The van der Waals surface area contributed by atoms with Gasteiger partial charge in [-0.05, 0) is 43.0 Å². The first kappa shape index (κ1) is 22.6. The molecule has 0 amide bonds. The van der Waals surface area contributed by atoms with Gasteiger partial charge in [-0.2, -0.15) is 13.2 Å². The van der Waals surface area contributed by atoms with E-state index in [0.29, 0.717) is 19.0 Å². The lowest BCUT2D eigenvalue weighted by Crippen LogP contribution is -2.46. The number of anilines is 1. The van der Waals surface area contributed by atoms with E-state index in [1.807, 2.05) is 12.1 Å². The quantitative estimate of drug-likeness (QED) is 0.370. The number of para-hydroxylation sites is 1. The summed E-state index contributed by atoms with van der Waals surface area (Å²) in [5.41, 5.74) is 0.493. The van der Waals surface area contributed by atoms with Crippen LogP contribution in [0.15, 0.2) is 45.8 Å². The molecule has 0 aliphatic carbocycles. The lowest BCUT2D eigenvalue weighted by molar-refractivity contribution is -0.140. The minimum absolute atomic E-state index is 0.0959. The lowest BCUT2D eigenvalue weighted by Gasteiger charge is -2.37. The second-order valence-electron chi connectivity index (χ2n) is 7.44. The average Bonchev–Trinajstić information content (AvgIpc) is 2.76. The van der Waals surface area contributed by atoms with Crippen LogP contribution < -0.4 is 14.4 Å². The molecular formula is C22H24BrF3N2O2S. The van der Waals surface area contributed by atoms with Crippen molar-refractivity contribution in [2.75, 3.05) is 56.6 Å². The van der Waals surface area contributed by atoms with Crippen LogP contribution in [-0.4, -0.2) is 56.6 Å². The van der Waals surface area contributed by atoms with Crippen LogP contribution >= 0.6 is 27.7 Å². The van der Waals surface area contributed by atoms with Gasteiger partial charge in [-0.25, -0.2) is 0 Å². The number of ether oxygens (including phenoxy) is 2. The molecule has 4 rings (SSSR count). The van der Waals surface area contributed by atoms with E-state index in [1.165, 1.54) is 17.8 Å². The maximum atomic E-state index is 13.3. The molecule has 0 radical (unpaired) electrons. The smallest absolute Gasteiger partial charge is 0.418 e. The van der Waals surface area contributed by atoms with Crippen LogP contribution in [0.2, 0.25) is 0 Å². The topological polar surface area (TPSA) is 24.9 Å². The molecule has 1 fully saturated rings. The van der Waals surface area contributed by atoms with E-state index in [4.69, 9.17) is 9.47 Å². The summed E-state index contributed by atoms with van der Waals surface area (Å²) in [6.45, 7) is 5.62. The average molecular weight is 517 g/mol. The van der Waals surface area contributed by atoms with Crippen molar-refractivity contribution in [3.8, 4) is 11.5 Å². The molecule has 0 saturated carbocycles. The van der Waals surface area contributed by atoms with Crippen molar-refractivity contribution in [2.24, 2.45) is 0 Å². The van der Waals surface area contributed by atoms with Gasteiger partial charge in [0.2, 0.25) is 0 Å². The molecule has 0 unspecified atom stereocenters. The van der Waals surface area contributed by atoms with Gasteiger partial charge in [-0.15, -0.1) is 11.8 Å². The normalized spacial score (nSPS) is 17.1. The van der Waals surface area contributed by atoms with Crippen molar-refractivity contribution >= 4 is 33.4 Å². The van der Waals surface area contributed by atoms with Crippen molar-refractivity contribution in [1.29, 1.82) is 0 Å². The molecule has 4 nitrogen and oxygen atoms in total. The zero-order valence-corrected chi connectivity index (χ0v) is 19.4. The molecule has 0 N–H and O–H groups in total. The van der Waals surface area contributed by atoms with Crippen LogP contribution in [0.4, 0.5) is 18.9 Å². The SMILES string of the molecule is FC(F)(F)c1c(Br)cccc1SCCCN1CCN(c2cccc3c2OCCO3)CC1. The van der Waals surface area contributed by atoms with E-state index in [2.05, 4.69) is 31.8 Å². The van der Waals surface area contributed by atoms with Crippen molar-refractivity contribution < 1.29 is 22.6 Å². The third-order valence-electron chi connectivity index (χ3n) is 5.39. The Balaban J connectivity index is 1.26. The van der Waals surface area contributed by atoms with Gasteiger partial charge in [0.05, 0.1) is 11.3 Å². The summed E-state index contributed by atoms with van der Waals surface area (Å²) in [6.07, 6.45) is -3.52. The zero-order valence-electron chi connectivity index (χ0n) is 17.0. The van der Waals surface area contributed by atoms with Crippen molar-refractivity contribution in [1.82, 2.24) is 4.90 Å². The van der Waals surface area contributed by atoms with Gasteiger partial charge in [0.15, 0.2) is 11.5 Å². The van der Waals surface area contributed by atoms with Crippen LogP contribution in [0.3, 0.4) is 0 Å². The molecule has 168 valence electrons. The molecule has 2 aromatic rings. The van der Waals surface area contributed by atoms with Crippen LogP contribution in [-0.2, 0) is 6.18 Å². The molecule has 9 heteroatoms. The Labute approximate surface area is 192 Å². The van der Waals surface area contributed by atoms with Gasteiger partial charge < -0.3 is 14.4 Å². The van der Waals surface area contributed by atoms with E-state index < -0.39 is 11.7 Å². The number of halogens is 4. The highest BCUT2D eigenvalue weighted by Gasteiger charge is 2.35. The third kappa shape index (κ3) is 5.43. The minimum atomic E-state index is -4.36. The van der Waals surface area contributed by atoms with Crippen molar-refractivity contribution in [2.45, 2.75) is 17.5 Å². The van der Waals surface area contributed by atoms with Gasteiger partial charge in [0, 0.05) is 35.5 Å². The van der Waals surface area contributed by atoms with Gasteiger partial charge in [-0.3, -0.25) is 4.90 Å². The third-order valence-corrected chi connectivity index (χ3v) is 7.20. The Kier molecular flexibility index (Phi) is 7.23. The van der Waals surface area contributed by atoms with Crippen molar-refractivity contribution in [3.63, 3.8) is 0 Å². The number of rotatable bonds is 6. The molecule has 2 heterocycles. The molecule has 0 spiro atoms. The van der Waals surface area contributed by atoms with Crippen molar-refractivity contribution in [3.05, 3.63) is 46.4 Å². The first-order valence-corrected chi connectivity index (χ1v) is 12.1. The summed E-state index contributed by atoms with van der Waals surface area (Å²) in [6, 6.07) is 10.6. The Morgan fingerprint density at radius 3 is 2.48 bits per heavy atom. The maximum absolute atomic E-state index is 13.3. The summed E-state index contributed by atoms with van der Waals surface area (Å²) in [5.74, 6) is 2.28. The lowest BCUT2D eigenvalue weighted by atomic mass is 10.2. The maximum Gasteiger partial charge on any atom is 0.418 e. The highest BCUT2D eigenvalue weighted by molar-refractivity contribution is 9.10. The number of hydrogen-bond acceptors (Lipinski definition) is 5. The number of piperazine rings is 1. The summed E-state index contributed by atoms with van der Waals surface area (Å²) in [7, 11) is 0. The Morgan fingerprint density at radius 2 is 1.71 bits per heavy atom. The van der Waals surface area contributed by atoms with Crippen LogP contribution in [0.5, 0.6) is 11.5 Å². The van der Waals surface area contributed by atoms with E-state index in [-0.39, 0.29) is 9.37 Å². The minimum Gasteiger partial charge on any atom is -0.486 e. The van der Waals surface area contributed by atoms with Crippen LogP contribution in [0.1, 0.15) is 12.0 Å². The summed E-state index contributed by atoms with van der Waals surface area (Å²) < 4.78 is 51.6. The number of fused-ring (bicyclic) bond motifs is 1. The molecule has 31 heavy (non-hydrogen) atoms.